The molecule has 31 heavy (non-hydrogen) atoms. The van der Waals surface area contributed by atoms with E-state index in [2.05, 4.69) is 26.5 Å². The summed E-state index contributed by atoms with van der Waals surface area (Å²) < 4.78 is 17.6. The minimum Gasteiger partial charge on any atom is -0.497 e. The number of nitrogens with one attached hydrogen (secondary N) is 1. The molecule has 6 nitrogen and oxygen atoms in total. The van der Waals surface area contributed by atoms with Crippen molar-refractivity contribution in [2.75, 3.05) is 7.11 Å². The van der Waals surface area contributed by atoms with Crippen LogP contribution in [0.1, 0.15) is 18.1 Å². The van der Waals surface area contributed by atoms with E-state index < -0.39 is 6.10 Å². The summed E-state index contributed by atoms with van der Waals surface area (Å²) in [5.41, 5.74) is 4.23. The number of carbonyl (C=O) groups is 1. The topological polar surface area (TPSA) is 69.2 Å². The lowest BCUT2D eigenvalue weighted by Gasteiger charge is -2.14. The molecule has 0 aliphatic rings. The highest BCUT2D eigenvalue weighted by molar-refractivity contribution is 9.10. The molecule has 1 atom stereocenters. The Morgan fingerprint density at radius 3 is 2.58 bits per heavy atom. The highest BCUT2D eigenvalue weighted by atomic mass is 79.9. The molecule has 160 valence electrons. The van der Waals surface area contributed by atoms with Crippen molar-refractivity contribution in [2.45, 2.75) is 19.6 Å². The van der Waals surface area contributed by atoms with Gasteiger partial charge < -0.3 is 14.2 Å². The molecule has 0 radical (unpaired) electrons. The number of hydrogen-bond donors (Lipinski definition) is 1. The van der Waals surface area contributed by atoms with E-state index in [1.54, 1.807) is 26.3 Å². The van der Waals surface area contributed by atoms with Gasteiger partial charge in [-0.05, 0) is 64.8 Å². The zero-order chi connectivity index (χ0) is 22.1. The second-order valence-corrected chi connectivity index (χ2v) is 7.46. The van der Waals surface area contributed by atoms with Crippen LogP contribution >= 0.6 is 15.9 Å². The molecule has 0 fully saturated rings. The molecule has 3 aromatic rings. The maximum absolute atomic E-state index is 12.3. The van der Waals surface area contributed by atoms with Gasteiger partial charge in [0.15, 0.2) is 6.10 Å². The normalized spacial score (nSPS) is 11.7. The third kappa shape index (κ3) is 6.58. The summed E-state index contributed by atoms with van der Waals surface area (Å²) in [5.74, 6) is 1.66. The SMILES string of the molecule is COc1cccc(COc2ccccc2/C=N\NC(=O)[C@@H](C)Oc2ccccc2Br)c1. The van der Waals surface area contributed by atoms with Gasteiger partial charge in [-0.2, -0.15) is 5.10 Å². The quantitative estimate of drug-likeness (QED) is 0.345. The number of halogens is 1. The van der Waals surface area contributed by atoms with E-state index >= 15 is 0 Å². The van der Waals surface area contributed by atoms with Gasteiger partial charge in [-0.15, -0.1) is 0 Å². The van der Waals surface area contributed by atoms with Gasteiger partial charge in [0, 0.05) is 5.56 Å². The highest BCUT2D eigenvalue weighted by Crippen LogP contribution is 2.25. The highest BCUT2D eigenvalue weighted by Gasteiger charge is 2.15. The van der Waals surface area contributed by atoms with Crippen molar-refractivity contribution in [3.63, 3.8) is 0 Å². The fourth-order valence-electron chi connectivity index (χ4n) is 2.68. The summed E-state index contributed by atoms with van der Waals surface area (Å²) >= 11 is 3.40. The van der Waals surface area contributed by atoms with E-state index in [0.29, 0.717) is 18.1 Å². The summed E-state index contributed by atoms with van der Waals surface area (Å²) in [4.78, 5) is 12.3. The molecule has 0 unspecified atom stereocenters. The van der Waals surface area contributed by atoms with E-state index in [9.17, 15) is 4.79 Å². The number of hydrazone groups is 1. The van der Waals surface area contributed by atoms with Crippen LogP contribution < -0.4 is 19.6 Å². The standard InChI is InChI=1S/C24H23BrN2O4/c1-17(31-23-13-6-4-11-21(23)25)24(28)27-26-15-19-9-3-5-12-22(19)30-16-18-8-7-10-20(14-18)29-2/h3-15,17H,16H2,1-2H3,(H,27,28)/b26-15-/t17-/m1/s1. The molecule has 3 rings (SSSR count). The number of rotatable bonds is 9. The van der Waals surface area contributed by atoms with Crippen LogP contribution in [0.15, 0.2) is 82.4 Å². The molecule has 0 heterocycles. The number of nitrogens with zero attached hydrogens (tertiary/aromatic N) is 1. The molecule has 0 bridgehead atoms. The Morgan fingerprint density at radius 2 is 1.81 bits per heavy atom. The van der Waals surface area contributed by atoms with Crippen LogP contribution in [0.3, 0.4) is 0 Å². The average molecular weight is 483 g/mol. The minimum atomic E-state index is -0.713. The van der Waals surface area contributed by atoms with Gasteiger partial charge in [0.2, 0.25) is 0 Å². The molecular formula is C24H23BrN2O4. The predicted molar refractivity (Wildman–Crippen MR) is 124 cm³/mol. The minimum absolute atomic E-state index is 0.359. The van der Waals surface area contributed by atoms with Gasteiger partial charge in [-0.3, -0.25) is 4.79 Å². The summed E-state index contributed by atoms with van der Waals surface area (Å²) in [5, 5.41) is 4.05. The Balaban J connectivity index is 1.58. The van der Waals surface area contributed by atoms with Gasteiger partial charge in [0.1, 0.15) is 23.9 Å². The summed E-state index contributed by atoms with van der Waals surface area (Å²) in [7, 11) is 1.63. The maximum atomic E-state index is 12.3. The number of carbonyl (C=O) groups excluding carboxylic acids is 1. The lowest BCUT2D eigenvalue weighted by atomic mass is 10.2. The van der Waals surface area contributed by atoms with Crippen LogP contribution in [-0.4, -0.2) is 25.3 Å². The molecule has 0 saturated heterocycles. The molecule has 0 aromatic heterocycles. The van der Waals surface area contributed by atoms with Gasteiger partial charge >= 0.3 is 0 Å². The van der Waals surface area contributed by atoms with Gasteiger partial charge in [-0.25, -0.2) is 5.43 Å². The van der Waals surface area contributed by atoms with E-state index in [-0.39, 0.29) is 5.91 Å². The van der Waals surface area contributed by atoms with E-state index in [1.165, 1.54) is 0 Å². The Bertz CT molecular complexity index is 1060. The second-order valence-electron chi connectivity index (χ2n) is 6.60. The third-order valence-electron chi connectivity index (χ3n) is 4.34. The van der Waals surface area contributed by atoms with Gasteiger partial charge in [0.25, 0.3) is 5.91 Å². The second kappa shape index (κ2) is 11.2. The van der Waals surface area contributed by atoms with Crippen molar-refractivity contribution in [3.8, 4) is 17.2 Å². The molecule has 1 amide bonds. The van der Waals surface area contributed by atoms with Crippen molar-refractivity contribution in [1.29, 1.82) is 0 Å². The number of hydrogen-bond acceptors (Lipinski definition) is 5. The number of methoxy groups -OCH3 is 1. The largest absolute Gasteiger partial charge is 0.497 e. The molecular weight excluding hydrogens is 460 g/mol. The predicted octanol–water partition coefficient (Wildman–Crippen LogP) is 4.95. The molecule has 0 aliphatic heterocycles. The maximum Gasteiger partial charge on any atom is 0.280 e. The molecule has 0 aliphatic carbocycles. The van der Waals surface area contributed by atoms with Crippen molar-refractivity contribution in [1.82, 2.24) is 5.43 Å². The van der Waals surface area contributed by atoms with E-state index in [4.69, 9.17) is 14.2 Å². The lowest BCUT2D eigenvalue weighted by Crippen LogP contribution is -2.33. The van der Waals surface area contributed by atoms with Crippen LogP contribution in [0.2, 0.25) is 0 Å². The van der Waals surface area contributed by atoms with Crippen molar-refractivity contribution in [2.24, 2.45) is 5.10 Å². The number of amides is 1. The lowest BCUT2D eigenvalue weighted by molar-refractivity contribution is -0.127. The average Bonchev–Trinajstić information content (AvgIpc) is 2.80. The molecule has 0 spiro atoms. The smallest absolute Gasteiger partial charge is 0.280 e. The van der Waals surface area contributed by atoms with Crippen molar-refractivity contribution >= 4 is 28.1 Å². The van der Waals surface area contributed by atoms with Crippen LogP contribution in [0.25, 0.3) is 0 Å². The number of para-hydroxylation sites is 2. The van der Waals surface area contributed by atoms with Crippen LogP contribution in [-0.2, 0) is 11.4 Å². The van der Waals surface area contributed by atoms with Crippen LogP contribution in [0, 0.1) is 0 Å². The fraction of sp³-hybridized carbons (Fsp3) is 0.167. The molecule has 1 N–H and O–H groups in total. The van der Waals surface area contributed by atoms with Crippen LogP contribution in [0.5, 0.6) is 17.2 Å². The first kappa shape index (κ1) is 22.4. The fourth-order valence-corrected chi connectivity index (χ4v) is 3.06. The van der Waals surface area contributed by atoms with Gasteiger partial charge in [0.05, 0.1) is 17.8 Å². The first-order valence-electron chi connectivity index (χ1n) is 9.65. The first-order valence-corrected chi connectivity index (χ1v) is 10.4. The zero-order valence-corrected chi connectivity index (χ0v) is 18.8. The third-order valence-corrected chi connectivity index (χ3v) is 4.99. The summed E-state index contributed by atoms with van der Waals surface area (Å²) in [6.07, 6.45) is 0.833. The Morgan fingerprint density at radius 1 is 1.06 bits per heavy atom. The zero-order valence-electron chi connectivity index (χ0n) is 17.2. The molecule has 0 saturated carbocycles. The van der Waals surface area contributed by atoms with Gasteiger partial charge in [-0.1, -0.05) is 36.4 Å². The van der Waals surface area contributed by atoms with Crippen molar-refractivity contribution in [3.05, 3.63) is 88.4 Å². The number of benzene rings is 3. The molecule has 7 heteroatoms. The Labute approximate surface area is 190 Å². The summed E-state index contributed by atoms with van der Waals surface area (Å²) in [6, 6.07) is 22.5. The number of ether oxygens (including phenoxy) is 3. The Hall–Kier alpha value is -3.32. The van der Waals surface area contributed by atoms with Crippen LogP contribution in [0.4, 0.5) is 0 Å². The van der Waals surface area contributed by atoms with E-state index in [1.807, 2.05) is 66.7 Å². The Kier molecular flexibility index (Phi) is 8.06. The van der Waals surface area contributed by atoms with E-state index in [0.717, 1.165) is 21.3 Å². The van der Waals surface area contributed by atoms with Crippen molar-refractivity contribution < 1.29 is 19.0 Å². The summed E-state index contributed by atoms with van der Waals surface area (Å²) in [6.45, 7) is 2.04. The first-order chi connectivity index (χ1) is 15.1. The molecule has 3 aromatic carbocycles. The monoisotopic (exact) mass is 482 g/mol.